The Morgan fingerprint density at radius 1 is 1.22 bits per heavy atom. The first-order valence-corrected chi connectivity index (χ1v) is 9.56. The van der Waals surface area contributed by atoms with Crippen molar-refractivity contribution in [2.75, 3.05) is 6.61 Å². The van der Waals surface area contributed by atoms with Crippen molar-refractivity contribution in [2.24, 2.45) is 5.92 Å². The Kier molecular flexibility index (Phi) is 7.28. The SMILES string of the molecule is CCCC1=C(C(=O)OC(C)C)C(c2cccc(OCC(C)C)c2)NC(=O)N1. The zero-order chi connectivity index (χ0) is 20.0. The van der Waals surface area contributed by atoms with Crippen LogP contribution in [0.3, 0.4) is 0 Å². The van der Waals surface area contributed by atoms with E-state index in [9.17, 15) is 9.59 Å². The van der Waals surface area contributed by atoms with Gasteiger partial charge in [-0.15, -0.1) is 0 Å². The van der Waals surface area contributed by atoms with Gasteiger partial charge in [-0.2, -0.15) is 0 Å². The Morgan fingerprint density at radius 2 is 1.96 bits per heavy atom. The van der Waals surface area contributed by atoms with Crippen LogP contribution in [0.2, 0.25) is 0 Å². The number of esters is 1. The summed E-state index contributed by atoms with van der Waals surface area (Å²) < 4.78 is 11.2. The van der Waals surface area contributed by atoms with E-state index in [0.717, 1.165) is 12.0 Å². The molecule has 0 saturated heterocycles. The summed E-state index contributed by atoms with van der Waals surface area (Å²) >= 11 is 0. The zero-order valence-electron chi connectivity index (χ0n) is 16.8. The summed E-state index contributed by atoms with van der Waals surface area (Å²) in [6.45, 7) is 10.4. The second-order valence-electron chi connectivity index (χ2n) is 7.41. The van der Waals surface area contributed by atoms with Crippen LogP contribution < -0.4 is 15.4 Å². The normalized spacial score (nSPS) is 17.0. The summed E-state index contributed by atoms with van der Waals surface area (Å²) in [6.07, 6.45) is 1.15. The maximum Gasteiger partial charge on any atom is 0.338 e. The lowest BCUT2D eigenvalue weighted by atomic mass is 9.93. The van der Waals surface area contributed by atoms with Crippen molar-refractivity contribution in [3.63, 3.8) is 0 Å². The fraction of sp³-hybridized carbons (Fsp3) is 0.524. The van der Waals surface area contributed by atoms with E-state index in [1.165, 1.54) is 0 Å². The first kappa shape index (κ1) is 20.8. The molecule has 1 unspecified atom stereocenters. The number of carbonyl (C=O) groups is 2. The zero-order valence-corrected chi connectivity index (χ0v) is 16.8. The highest BCUT2D eigenvalue weighted by Gasteiger charge is 2.33. The Morgan fingerprint density at radius 3 is 2.59 bits per heavy atom. The van der Waals surface area contributed by atoms with Crippen LogP contribution in [0.25, 0.3) is 0 Å². The number of hydrogen-bond acceptors (Lipinski definition) is 4. The average Bonchev–Trinajstić information content (AvgIpc) is 2.59. The summed E-state index contributed by atoms with van der Waals surface area (Å²) in [5.41, 5.74) is 1.85. The van der Waals surface area contributed by atoms with E-state index in [-0.39, 0.29) is 12.1 Å². The molecule has 0 saturated carbocycles. The number of amides is 2. The molecular formula is C21H30N2O4. The van der Waals surface area contributed by atoms with Crippen molar-refractivity contribution < 1.29 is 19.1 Å². The minimum atomic E-state index is -0.575. The Bertz CT molecular complexity index is 710. The number of urea groups is 1. The molecule has 6 heteroatoms. The standard InChI is InChI=1S/C21H30N2O4/c1-6-8-17-18(20(24)27-14(4)5)19(23-21(25)22-17)15-9-7-10-16(11-15)26-12-13(2)3/h7,9-11,13-14,19H,6,8,12H2,1-5H3,(H2,22,23,25). The summed E-state index contributed by atoms with van der Waals surface area (Å²) in [5.74, 6) is 0.696. The number of ether oxygens (including phenoxy) is 2. The third-order valence-electron chi connectivity index (χ3n) is 3.99. The summed E-state index contributed by atoms with van der Waals surface area (Å²) in [4.78, 5) is 25.0. The Hall–Kier alpha value is -2.50. The molecule has 1 aromatic carbocycles. The summed E-state index contributed by atoms with van der Waals surface area (Å²) in [7, 11) is 0. The van der Waals surface area contributed by atoms with Gasteiger partial charge >= 0.3 is 12.0 Å². The van der Waals surface area contributed by atoms with E-state index in [4.69, 9.17) is 9.47 Å². The van der Waals surface area contributed by atoms with Crippen LogP contribution in [0, 0.1) is 5.92 Å². The highest BCUT2D eigenvalue weighted by atomic mass is 16.5. The van der Waals surface area contributed by atoms with E-state index in [1.807, 2.05) is 45.0 Å². The molecule has 1 heterocycles. The molecule has 0 spiro atoms. The highest BCUT2D eigenvalue weighted by Crippen LogP contribution is 2.31. The fourth-order valence-electron chi connectivity index (χ4n) is 2.88. The average molecular weight is 374 g/mol. The molecule has 2 rings (SSSR count). The second kappa shape index (κ2) is 9.44. The van der Waals surface area contributed by atoms with Crippen LogP contribution in [0.15, 0.2) is 35.5 Å². The fourth-order valence-corrected chi connectivity index (χ4v) is 2.88. The van der Waals surface area contributed by atoms with Gasteiger partial charge in [-0.25, -0.2) is 9.59 Å². The predicted octanol–water partition coefficient (Wildman–Crippen LogP) is 4.08. The Balaban J connectivity index is 2.41. The molecule has 0 aromatic heterocycles. The topological polar surface area (TPSA) is 76.7 Å². The summed E-state index contributed by atoms with van der Waals surface area (Å²) in [6, 6.07) is 6.59. The van der Waals surface area contributed by atoms with E-state index in [1.54, 1.807) is 0 Å². The van der Waals surface area contributed by atoms with Gasteiger partial charge in [0.15, 0.2) is 0 Å². The smallest absolute Gasteiger partial charge is 0.338 e. The van der Waals surface area contributed by atoms with Gasteiger partial charge in [0.1, 0.15) is 5.75 Å². The quantitative estimate of drug-likeness (QED) is 0.672. The third-order valence-corrected chi connectivity index (χ3v) is 3.99. The molecule has 148 valence electrons. The maximum absolute atomic E-state index is 12.8. The lowest BCUT2D eigenvalue weighted by Crippen LogP contribution is -2.46. The lowest BCUT2D eigenvalue weighted by molar-refractivity contribution is -0.143. The minimum Gasteiger partial charge on any atom is -0.493 e. The molecule has 0 radical (unpaired) electrons. The van der Waals surface area contributed by atoms with Gasteiger partial charge in [0.25, 0.3) is 0 Å². The molecule has 1 atom stereocenters. The van der Waals surface area contributed by atoms with Gasteiger partial charge in [0.05, 0.1) is 24.3 Å². The highest BCUT2D eigenvalue weighted by molar-refractivity contribution is 5.95. The number of rotatable bonds is 8. The van der Waals surface area contributed by atoms with Crippen molar-refractivity contribution in [3.05, 3.63) is 41.1 Å². The number of carbonyl (C=O) groups excluding carboxylic acids is 2. The van der Waals surface area contributed by atoms with Crippen molar-refractivity contribution in [1.29, 1.82) is 0 Å². The van der Waals surface area contributed by atoms with Crippen molar-refractivity contribution >= 4 is 12.0 Å². The number of allylic oxidation sites excluding steroid dienone is 1. The molecule has 2 N–H and O–H groups in total. The van der Waals surface area contributed by atoms with Gasteiger partial charge in [0.2, 0.25) is 0 Å². The molecule has 1 aliphatic heterocycles. The number of benzene rings is 1. The number of nitrogens with one attached hydrogen (secondary N) is 2. The van der Waals surface area contributed by atoms with Crippen LogP contribution in [-0.2, 0) is 9.53 Å². The third kappa shape index (κ3) is 5.74. The molecule has 27 heavy (non-hydrogen) atoms. The molecule has 1 aliphatic rings. The monoisotopic (exact) mass is 374 g/mol. The molecule has 2 amide bonds. The van der Waals surface area contributed by atoms with E-state index in [0.29, 0.717) is 36.0 Å². The molecule has 0 fully saturated rings. The van der Waals surface area contributed by atoms with Gasteiger partial charge in [-0.3, -0.25) is 0 Å². The van der Waals surface area contributed by atoms with E-state index >= 15 is 0 Å². The van der Waals surface area contributed by atoms with Crippen LogP contribution >= 0.6 is 0 Å². The van der Waals surface area contributed by atoms with Crippen LogP contribution in [0.5, 0.6) is 5.75 Å². The van der Waals surface area contributed by atoms with Crippen molar-refractivity contribution in [3.8, 4) is 5.75 Å². The van der Waals surface area contributed by atoms with E-state index < -0.39 is 12.0 Å². The molecule has 1 aromatic rings. The predicted molar refractivity (Wildman–Crippen MR) is 104 cm³/mol. The second-order valence-corrected chi connectivity index (χ2v) is 7.41. The minimum absolute atomic E-state index is 0.244. The molecular weight excluding hydrogens is 344 g/mol. The first-order chi connectivity index (χ1) is 12.8. The largest absolute Gasteiger partial charge is 0.493 e. The van der Waals surface area contributed by atoms with Gasteiger partial charge < -0.3 is 20.1 Å². The lowest BCUT2D eigenvalue weighted by Gasteiger charge is -2.30. The van der Waals surface area contributed by atoms with Crippen LogP contribution in [0.1, 0.15) is 59.1 Å². The van der Waals surface area contributed by atoms with Gasteiger partial charge in [-0.1, -0.05) is 39.3 Å². The maximum atomic E-state index is 12.8. The Labute approximate surface area is 161 Å². The number of hydrogen-bond donors (Lipinski definition) is 2. The van der Waals surface area contributed by atoms with Crippen LogP contribution in [0.4, 0.5) is 4.79 Å². The molecule has 0 bridgehead atoms. The van der Waals surface area contributed by atoms with E-state index in [2.05, 4.69) is 24.5 Å². The summed E-state index contributed by atoms with van der Waals surface area (Å²) in [5, 5.41) is 5.63. The first-order valence-electron chi connectivity index (χ1n) is 9.56. The molecule has 0 aliphatic carbocycles. The van der Waals surface area contributed by atoms with Gasteiger partial charge in [-0.05, 0) is 43.9 Å². The van der Waals surface area contributed by atoms with Crippen LogP contribution in [-0.4, -0.2) is 24.7 Å². The van der Waals surface area contributed by atoms with Crippen molar-refractivity contribution in [2.45, 2.75) is 59.6 Å². The van der Waals surface area contributed by atoms with Gasteiger partial charge in [0, 0.05) is 5.70 Å². The molecule has 6 nitrogen and oxygen atoms in total. The van der Waals surface area contributed by atoms with Crippen molar-refractivity contribution in [1.82, 2.24) is 10.6 Å².